The molecule has 1 fully saturated rings. The summed E-state index contributed by atoms with van der Waals surface area (Å²) in [6.07, 6.45) is 3.51. The number of hydrogen-bond acceptors (Lipinski definition) is 5. The lowest BCUT2D eigenvalue weighted by Gasteiger charge is -2.34. The van der Waals surface area contributed by atoms with Crippen molar-refractivity contribution in [2.24, 2.45) is 0 Å². The van der Waals surface area contributed by atoms with Crippen LogP contribution in [0.5, 0.6) is 0 Å². The Morgan fingerprint density at radius 2 is 1.85 bits per heavy atom. The Labute approximate surface area is 159 Å². The molecule has 0 spiro atoms. The minimum atomic E-state index is 0.124. The van der Waals surface area contributed by atoms with Crippen molar-refractivity contribution in [3.05, 3.63) is 63.9 Å². The predicted octanol–water partition coefficient (Wildman–Crippen LogP) is 4.86. The average molecular weight is 382 g/mol. The van der Waals surface area contributed by atoms with E-state index in [1.165, 1.54) is 22.5 Å². The topological polar surface area (TPSA) is 38.1 Å². The lowest BCUT2D eigenvalue weighted by atomic mass is 10.0. The zero-order valence-electron chi connectivity index (χ0n) is 14.3. The molecule has 2 aromatic heterocycles. The molecule has 2 aromatic carbocycles. The maximum atomic E-state index is 12.7. The second-order valence-corrected chi connectivity index (χ2v) is 8.88. The average Bonchev–Trinajstić information content (AvgIpc) is 3.24. The number of thiazole rings is 1. The quantitative estimate of drug-likeness (QED) is 0.509. The number of rotatable bonds is 3. The Hall–Kier alpha value is -2.02. The largest absolute Gasteiger partial charge is 0.275 e. The van der Waals surface area contributed by atoms with Gasteiger partial charge in [-0.15, -0.1) is 11.3 Å². The van der Waals surface area contributed by atoms with Gasteiger partial charge in [-0.1, -0.05) is 42.2 Å². The van der Waals surface area contributed by atoms with Crippen LogP contribution in [0.1, 0.15) is 30.3 Å². The van der Waals surface area contributed by atoms with Gasteiger partial charge in [0.1, 0.15) is 5.01 Å². The zero-order valence-corrected chi connectivity index (χ0v) is 15.9. The number of piperidine rings is 1. The molecule has 0 unspecified atom stereocenters. The number of hydrogen-bond donors (Lipinski definition) is 0. The summed E-state index contributed by atoms with van der Waals surface area (Å²) < 4.78 is 4.20. The van der Waals surface area contributed by atoms with Crippen molar-refractivity contribution in [2.45, 2.75) is 32.0 Å². The standard InChI is InChI=1S/C20H19N3OS2/c24-20-14-7-1-3-10-17(14)26-23(20)13-22-12-6-5-9-16(22)19-21-15-8-2-4-11-18(15)25-19/h1-4,7-8,10-11,16H,5-6,9,12-13H2/t16-/m0/s1. The van der Waals surface area contributed by atoms with Crippen LogP contribution in [0.3, 0.4) is 0 Å². The first-order valence-electron chi connectivity index (χ1n) is 8.98. The first-order chi connectivity index (χ1) is 12.8. The van der Waals surface area contributed by atoms with Crippen molar-refractivity contribution in [3.8, 4) is 0 Å². The van der Waals surface area contributed by atoms with Gasteiger partial charge in [-0.3, -0.25) is 9.69 Å². The molecule has 4 nitrogen and oxygen atoms in total. The molecule has 1 aliphatic rings. The summed E-state index contributed by atoms with van der Waals surface area (Å²) in [5.41, 5.74) is 1.20. The van der Waals surface area contributed by atoms with Crippen LogP contribution in [-0.4, -0.2) is 20.4 Å². The molecule has 1 saturated heterocycles. The third-order valence-corrected chi connectivity index (χ3v) is 7.26. The molecule has 1 aliphatic heterocycles. The van der Waals surface area contributed by atoms with Crippen LogP contribution in [0.2, 0.25) is 0 Å². The van der Waals surface area contributed by atoms with E-state index in [1.807, 2.05) is 34.3 Å². The second-order valence-electron chi connectivity index (χ2n) is 6.76. The molecule has 0 amide bonds. The third-order valence-electron chi connectivity index (χ3n) is 5.07. The van der Waals surface area contributed by atoms with E-state index >= 15 is 0 Å². The van der Waals surface area contributed by atoms with Gasteiger partial charge >= 0.3 is 0 Å². The molecule has 0 bridgehead atoms. The van der Waals surface area contributed by atoms with Crippen LogP contribution in [-0.2, 0) is 6.67 Å². The van der Waals surface area contributed by atoms with Crippen molar-refractivity contribution in [1.82, 2.24) is 13.8 Å². The van der Waals surface area contributed by atoms with Gasteiger partial charge in [-0.25, -0.2) is 8.94 Å². The van der Waals surface area contributed by atoms with E-state index in [0.717, 1.165) is 28.6 Å². The van der Waals surface area contributed by atoms with E-state index in [4.69, 9.17) is 4.98 Å². The van der Waals surface area contributed by atoms with Crippen molar-refractivity contribution in [3.63, 3.8) is 0 Å². The molecule has 0 N–H and O–H groups in total. The van der Waals surface area contributed by atoms with Crippen LogP contribution in [0.4, 0.5) is 0 Å². The number of fused-ring (bicyclic) bond motifs is 2. The monoisotopic (exact) mass is 381 g/mol. The number of benzene rings is 2. The number of para-hydroxylation sites is 1. The molecule has 3 heterocycles. The smallest absolute Gasteiger partial charge is 0.269 e. The molecule has 0 radical (unpaired) electrons. The van der Waals surface area contributed by atoms with Crippen molar-refractivity contribution < 1.29 is 0 Å². The number of likely N-dealkylation sites (tertiary alicyclic amines) is 1. The second kappa shape index (κ2) is 6.61. The highest BCUT2D eigenvalue weighted by atomic mass is 32.1. The van der Waals surface area contributed by atoms with E-state index in [-0.39, 0.29) is 5.56 Å². The summed E-state index contributed by atoms with van der Waals surface area (Å²) in [4.78, 5) is 20.0. The fraction of sp³-hybridized carbons (Fsp3) is 0.300. The summed E-state index contributed by atoms with van der Waals surface area (Å²) in [7, 11) is 0. The highest BCUT2D eigenvalue weighted by Crippen LogP contribution is 2.36. The van der Waals surface area contributed by atoms with Crippen LogP contribution >= 0.6 is 22.9 Å². The minimum Gasteiger partial charge on any atom is -0.275 e. The summed E-state index contributed by atoms with van der Waals surface area (Å²) in [6, 6.07) is 16.5. The summed E-state index contributed by atoms with van der Waals surface area (Å²) in [6.45, 7) is 1.67. The molecular weight excluding hydrogens is 362 g/mol. The van der Waals surface area contributed by atoms with Crippen molar-refractivity contribution >= 4 is 43.2 Å². The van der Waals surface area contributed by atoms with Gasteiger partial charge in [0, 0.05) is 6.54 Å². The fourth-order valence-corrected chi connectivity index (χ4v) is 5.90. The SMILES string of the molecule is O=c1c2ccccc2sn1CN1CCCC[C@H]1c1nc2ccccc2s1. The van der Waals surface area contributed by atoms with Gasteiger partial charge in [0.2, 0.25) is 0 Å². The van der Waals surface area contributed by atoms with E-state index in [2.05, 4.69) is 23.1 Å². The minimum absolute atomic E-state index is 0.124. The molecular formula is C20H19N3OS2. The molecule has 0 aliphatic carbocycles. The maximum Gasteiger partial charge on any atom is 0.269 e. The lowest BCUT2D eigenvalue weighted by Crippen LogP contribution is -2.36. The first kappa shape index (κ1) is 16.2. The summed E-state index contributed by atoms with van der Waals surface area (Å²) in [5, 5.41) is 2.01. The van der Waals surface area contributed by atoms with Gasteiger partial charge in [0.05, 0.1) is 33.0 Å². The van der Waals surface area contributed by atoms with Crippen LogP contribution in [0, 0.1) is 0 Å². The molecule has 132 valence electrons. The Kier molecular flexibility index (Phi) is 4.11. The Morgan fingerprint density at radius 3 is 2.69 bits per heavy atom. The molecule has 0 saturated carbocycles. The Morgan fingerprint density at radius 1 is 1.04 bits per heavy atom. The van der Waals surface area contributed by atoms with Crippen LogP contribution < -0.4 is 5.56 Å². The third kappa shape index (κ3) is 2.78. The normalized spacial score (nSPS) is 18.7. The molecule has 1 atom stereocenters. The highest BCUT2D eigenvalue weighted by Gasteiger charge is 2.27. The summed E-state index contributed by atoms with van der Waals surface area (Å²) in [5.74, 6) is 0. The first-order valence-corrected chi connectivity index (χ1v) is 10.6. The zero-order chi connectivity index (χ0) is 17.5. The van der Waals surface area contributed by atoms with Gasteiger partial charge in [0.15, 0.2) is 0 Å². The van der Waals surface area contributed by atoms with Gasteiger partial charge in [-0.2, -0.15) is 0 Å². The molecule has 4 aromatic rings. The predicted molar refractivity (Wildman–Crippen MR) is 109 cm³/mol. The van der Waals surface area contributed by atoms with E-state index in [9.17, 15) is 4.79 Å². The number of aromatic nitrogens is 2. The van der Waals surface area contributed by atoms with Gasteiger partial charge in [0.25, 0.3) is 5.56 Å². The highest BCUT2D eigenvalue weighted by molar-refractivity contribution is 7.18. The van der Waals surface area contributed by atoms with Crippen LogP contribution in [0.15, 0.2) is 53.3 Å². The Balaban J connectivity index is 1.49. The molecule has 5 rings (SSSR count). The fourth-order valence-electron chi connectivity index (χ4n) is 3.75. The molecule has 6 heteroatoms. The Bertz CT molecular complexity index is 1090. The lowest BCUT2D eigenvalue weighted by molar-refractivity contribution is 0.114. The van der Waals surface area contributed by atoms with Crippen molar-refractivity contribution in [1.29, 1.82) is 0 Å². The van der Waals surface area contributed by atoms with Gasteiger partial charge < -0.3 is 0 Å². The van der Waals surface area contributed by atoms with Gasteiger partial charge in [-0.05, 0) is 37.1 Å². The number of nitrogens with zero attached hydrogens (tertiary/aromatic N) is 3. The van der Waals surface area contributed by atoms with E-state index in [1.54, 1.807) is 22.9 Å². The van der Waals surface area contributed by atoms with Crippen LogP contribution in [0.25, 0.3) is 20.3 Å². The van der Waals surface area contributed by atoms with E-state index < -0.39 is 0 Å². The molecule has 26 heavy (non-hydrogen) atoms. The summed E-state index contributed by atoms with van der Waals surface area (Å²) >= 11 is 3.36. The van der Waals surface area contributed by atoms with Crippen molar-refractivity contribution in [2.75, 3.05) is 6.54 Å². The van der Waals surface area contributed by atoms with E-state index in [0.29, 0.717) is 12.7 Å². The maximum absolute atomic E-state index is 12.7.